The largest absolute Gasteiger partial charge is 0.483 e. The fourth-order valence-corrected chi connectivity index (χ4v) is 2.56. The second kappa shape index (κ2) is 8.82. The third-order valence-electron chi connectivity index (χ3n) is 3.30. The number of amides is 1. The number of carboxylic acid groups (broad SMARTS) is 1. The third kappa shape index (κ3) is 6.52. The number of carbonyl (C=O) groups excluding carboxylic acids is 1. The Bertz CT molecular complexity index is 540. The molecule has 0 fully saturated rings. The van der Waals surface area contributed by atoms with Crippen LogP contribution >= 0.6 is 11.8 Å². The molecule has 0 spiro atoms. The number of thioether (sulfide) groups is 1. The van der Waals surface area contributed by atoms with Crippen LogP contribution in [0.25, 0.3) is 0 Å². The highest BCUT2D eigenvalue weighted by molar-refractivity contribution is 7.98. The summed E-state index contributed by atoms with van der Waals surface area (Å²) in [5.74, 6) is -0.138. The van der Waals surface area contributed by atoms with Crippen molar-refractivity contribution in [1.82, 2.24) is 5.32 Å². The Hall–Kier alpha value is -1.69. The van der Waals surface area contributed by atoms with Crippen molar-refractivity contribution in [2.45, 2.75) is 38.6 Å². The monoisotopic (exact) mass is 339 g/mol. The van der Waals surface area contributed by atoms with Gasteiger partial charge in [-0.2, -0.15) is 11.8 Å². The van der Waals surface area contributed by atoms with E-state index >= 15 is 0 Å². The maximum Gasteiger partial charge on any atom is 0.326 e. The van der Waals surface area contributed by atoms with Gasteiger partial charge < -0.3 is 15.2 Å². The molecule has 1 atom stereocenters. The van der Waals surface area contributed by atoms with Crippen molar-refractivity contribution < 1.29 is 19.4 Å². The van der Waals surface area contributed by atoms with Crippen LogP contribution in [0.15, 0.2) is 24.3 Å². The summed E-state index contributed by atoms with van der Waals surface area (Å²) in [7, 11) is 0. The highest BCUT2D eigenvalue weighted by atomic mass is 32.2. The van der Waals surface area contributed by atoms with Gasteiger partial charge in [0.2, 0.25) is 0 Å². The van der Waals surface area contributed by atoms with E-state index in [9.17, 15) is 9.59 Å². The van der Waals surface area contributed by atoms with Crippen LogP contribution < -0.4 is 10.1 Å². The van der Waals surface area contributed by atoms with Gasteiger partial charge in [-0.15, -0.1) is 0 Å². The van der Waals surface area contributed by atoms with Gasteiger partial charge in [0.25, 0.3) is 5.91 Å². The predicted octanol–water partition coefficient (Wildman–Crippen LogP) is 2.69. The van der Waals surface area contributed by atoms with Gasteiger partial charge in [-0.3, -0.25) is 4.79 Å². The van der Waals surface area contributed by atoms with Crippen molar-refractivity contribution in [3.05, 3.63) is 29.8 Å². The molecule has 0 saturated carbocycles. The van der Waals surface area contributed by atoms with E-state index in [1.54, 1.807) is 11.8 Å². The van der Waals surface area contributed by atoms with Crippen LogP contribution in [0.3, 0.4) is 0 Å². The predicted molar refractivity (Wildman–Crippen MR) is 93.2 cm³/mol. The van der Waals surface area contributed by atoms with Gasteiger partial charge in [0, 0.05) is 0 Å². The summed E-state index contributed by atoms with van der Waals surface area (Å²) in [6, 6.07) is 6.68. The molecule has 0 radical (unpaired) electrons. The molecule has 0 aromatic heterocycles. The number of ether oxygens (including phenoxy) is 1. The number of carbonyl (C=O) groups is 2. The summed E-state index contributed by atoms with van der Waals surface area (Å²) in [6.45, 7) is 6.00. The van der Waals surface area contributed by atoms with Gasteiger partial charge >= 0.3 is 5.97 Å². The molecule has 0 bridgehead atoms. The normalized spacial score (nSPS) is 12.5. The van der Waals surface area contributed by atoms with E-state index in [0.717, 1.165) is 5.56 Å². The van der Waals surface area contributed by atoms with Crippen LogP contribution in [-0.2, 0) is 15.0 Å². The number of benzene rings is 1. The quantitative estimate of drug-likeness (QED) is 0.761. The first-order chi connectivity index (χ1) is 10.8. The molecule has 128 valence electrons. The lowest BCUT2D eigenvalue weighted by molar-refractivity contribution is -0.142. The first-order valence-corrected chi connectivity index (χ1v) is 8.88. The number of para-hydroxylation sites is 1. The maximum absolute atomic E-state index is 11.9. The summed E-state index contributed by atoms with van der Waals surface area (Å²) < 4.78 is 5.60. The van der Waals surface area contributed by atoms with Gasteiger partial charge in [-0.05, 0) is 35.5 Å². The molecule has 1 aromatic carbocycles. The zero-order chi connectivity index (χ0) is 17.5. The van der Waals surface area contributed by atoms with Crippen molar-refractivity contribution in [2.75, 3.05) is 18.6 Å². The number of carboxylic acids is 1. The van der Waals surface area contributed by atoms with E-state index in [2.05, 4.69) is 26.1 Å². The fraction of sp³-hybridized carbons (Fsp3) is 0.529. The van der Waals surface area contributed by atoms with E-state index in [4.69, 9.17) is 9.84 Å². The number of hydrogen-bond donors (Lipinski definition) is 2. The summed E-state index contributed by atoms with van der Waals surface area (Å²) in [5.41, 5.74) is 0.902. The number of hydrogen-bond acceptors (Lipinski definition) is 4. The smallest absolute Gasteiger partial charge is 0.326 e. The number of aliphatic carboxylic acids is 1. The summed E-state index contributed by atoms with van der Waals surface area (Å²) in [4.78, 5) is 23.1. The van der Waals surface area contributed by atoms with Crippen molar-refractivity contribution in [2.24, 2.45) is 0 Å². The van der Waals surface area contributed by atoms with Crippen LogP contribution in [-0.4, -0.2) is 41.6 Å². The van der Waals surface area contributed by atoms with Gasteiger partial charge in [0.1, 0.15) is 11.8 Å². The minimum absolute atomic E-state index is 0.102. The van der Waals surface area contributed by atoms with Crippen molar-refractivity contribution in [3.8, 4) is 5.75 Å². The number of nitrogens with one attached hydrogen (secondary N) is 1. The molecule has 0 aliphatic carbocycles. The van der Waals surface area contributed by atoms with Crippen LogP contribution in [0.1, 0.15) is 32.8 Å². The van der Waals surface area contributed by atoms with E-state index in [0.29, 0.717) is 17.9 Å². The zero-order valence-electron chi connectivity index (χ0n) is 14.1. The molecule has 23 heavy (non-hydrogen) atoms. The van der Waals surface area contributed by atoms with E-state index in [1.165, 1.54) is 0 Å². The second-order valence-corrected chi connectivity index (χ2v) is 7.26. The van der Waals surface area contributed by atoms with Crippen LogP contribution in [0.4, 0.5) is 0 Å². The maximum atomic E-state index is 11.9. The summed E-state index contributed by atoms with van der Waals surface area (Å²) >= 11 is 1.54. The molecule has 0 aliphatic rings. The highest BCUT2D eigenvalue weighted by Crippen LogP contribution is 2.30. The summed E-state index contributed by atoms with van der Waals surface area (Å²) in [5, 5.41) is 11.6. The Balaban J connectivity index is 2.64. The lowest BCUT2D eigenvalue weighted by Gasteiger charge is -2.22. The minimum atomic E-state index is -1.03. The molecule has 6 heteroatoms. The average molecular weight is 339 g/mol. The lowest BCUT2D eigenvalue weighted by Crippen LogP contribution is -2.43. The zero-order valence-corrected chi connectivity index (χ0v) is 14.9. The van der Waals surface area contributed by atoms with Gasteiger partial charge in [-0.1, -0.05) is 39.0 Å². The molecule has 0 saturated heterocycles. The van der Waals surface area contributed by atoms with Gasteiger partial charge in [0.05, 0.1) is 0 Å². The molecule has 2 N–H and O–H groups in total. The SMILES string of the molecule is CSCC[C@@H](NC(=O)COc1ccccc1C(C)(C)C)C(=O)O. The van der Waals surface area contributed by atoms with Crippen molar-refractivity contribution >= 4 is 23.6 Å². The van der Waals surface area contributed by atoms with E-state index in [-0.39, 0.29) is 12.0 Å². The second-order valence-electron chi connectivity index (χ2n) is 6.27. The fourth-order valence-electron chi connectivity index (χ4n) is 2.08. The van der Waals surface area contributed by atoms with Crippen molar-refractivity contribution in [3.63, 3.8) is 0 Å². The third-order valence-corrected chi connectivity index (χ3v) is 3.94. The Labute approximate surface area is 141 Å². The minimum Gasteiger partial charge on any atom is -0.483 e. The number of rotatable bonds is 8. The van der Waals surface area contributed by atoms with Crippen LogP contribution in [0.2, 0.25) is 0 Å². The molecule has 0 heterocycles. The first-order valence-electron chi connectivity index (χ1n) is 7.49. The van der Waals surface area contributed by atoms with Crippen LogP contribution in [0, 0.1) is 0 Å². The highest BCUT2D eigenvalue weighted by Gasteiger charge is 2.21. The standard InChI is InChI=1S/C17H25NO4S/c1-17(2,3)12-7-5-6-8-14(12)22-11-15(19)18-13(16(20)21)9-10-23-4/h5-8,13H,9-11H2,1-4H3,(H,18,19)(H,20,21)/t13-/m1/s1. The molecule has 0 unspecified atom stereocenters. The van der Waals surface area contributed by atoms with Crippen molar-refractivity contribution in [1.29, 1.82) is 0 Å². The van der Waals surface area contributed by atoms with E-state index in [1.807, 2.05) is 30.5 Å². The molecular formula is C17H25NO4S. The molecule has 1 amide bonds. The molecular weight excluding hydrogens is 314 g/mol. The molecule has 5 nitrogen and oxygen atoms in total. The Morgan fingerprint density at radius 3 is 2.52 bits per heavy atom. The topological polar surface area (TPSA) is 75.6 Å². The molecule has 1 aromatic rings. The summed E-state index contributed by atoms with van der Waals surface area (Å²) in [6.07, 6.45) is 2.29. The molecule has 1 rings (SSSR count). The molecule has 0 aliphatic heterocycles. The van der Waals surface area contributed by atoms with Crippen LogP contribution in [0.5, 0.6) is 5.75 Å². The first kappa shape index (κ1) is 19.4. The average Bonchev–Trinajstić information content (AvgIpc) is 2.48. The Morgan fingerprint density at radius 2 is 1.96 bits per heavy atom. The lowest BCUT2D eigenvalue weighted by atomic mass is 9.86. The van der Waals surface area contributed by atoms with E-state index < -0.39 is 17.9 Å². The van der Waals surface area contributed by atoms with Gasteiger partial charge in [0.15, 0.2) is 6.61 Å². The van der Waals surface area contributed by atoms with Gasteiger partial charge in [-0.25, -0.2) is 4.79 Å². The Kier molecular flexibility index (Phi) is 7.42. The Morgan fingerprint density at radius 1 is 1.30 bits per heavy atom.